The molecule has 0 spiro atoms. The molecule has 0 bridgehead atoms. The second-order valence-corrected chi connectivity index (χ2v) is 7.70. The maximum atomic E-state index is 4.74. The van der Waals surface area contributed by atoms with Crippen molar-refractivity contribution in [2.75, 3.05) is 18.0 Å². The Morgan fingerprint density at radius 1 is 1.00 bits per heavy atom. The molecule has 106 valence electrons. The minimum atomic E-state index is 0.749. The molecule has 0 amide bonds. The van der Waals surface area contributed by atoms with Crippen molar-refractivity contribution in [3.63, 3.8) is 0 Å². The largest absolute Gasteiger partial charge is 0.362 e. The molecule has 1 aliphatic heterocycles. The zero-order valence-corrected chi connectivity index (χ0v) is 13.1. The molecule has 1 aromatic rings. The third-order valence-electron chi connectivity index (χ3n) is 4.97. The number of rotatable bonds is 2. The Hall–Kier alpha value is -0.570. The maximum absolute atomic E-state index is 4.74. The topological polar surface area (TPSA) is 16.1 Å². The Bertz CT molecular complexity index is 362. The van der Waals surface area contributed by atoms with E-state index in [-0.39, 0.29) is 0 Å². The first-order chi connectivity index (χ1) is 9.22. The van der Waals surface area contributed by atoms with E-state index in [1.807, 2.05) is 11.3 Å². The molecule has 2 fully saturated rings. The van der Waals surface area contributed by atoms with Gasteiger partial charge in [0, 0.05) is 19.0 Å². The van der Waals surface area contributed by atoms with Gasteiger partial charge < -0.3 is 4.90 Å². The van der Waals surface area contributed by atoms with Gasteiger partial charge in [-0.2, -0.15) is 0 Å². The summed E-state index contributed by atoms with van der Waals surface area (Å²) in [6, 6.07) is 0. The SMILES string of the molecule is CC1CCC(c2ncc(N3CCC(C)CC3)s2)CC1. The average molecular weight is 278 g/mol. The maximum Gasteiger partial charge on any atom is 0.111 e. The molecule has 1 saturated carbocycles. The number of piperidine rings is 1. The van der Waals surface area contributed by atoms with Crippen LogP contribution in [-0.2, 0) is 0 Å². The molecule has 1 aliphatic carbocycles. The Morgan fingerprint density at radius 3 is 2.32 bits per heavy atom. The normalized spacial score (nSPS) is 29.7. The van der Waals surface area contributed by atoms with Gasteiger partial charge in [0.1, 0.15) is 5.00 Å². The van der Waals surface area contributed by atoms with Crippen LogP contribution in [0.1, 0.15) is 63.3 Å². The zero-order chi connectivity index (χ0) is 13.2. The molecule has 3 heteroatoms. The van der Waals surface area contributed by atoms with Gasteiger partial charge in [0.25, 0.3) is 0 Å². The van der Waals surface area contributed by atoms with Crippen molar-refractivity contribution in [2.24, 2.45) is 11.8 Å². The van der Waals surface area contributed by atoms with Crippen LogP contribution in [0.4, 0.5) is 5.00 Å². The summed E-state index contributed by atoms with van der Waals surface area (Å²) < 4.78 is 0. The van der Waals surface area contributed by atoms with Crippen LogP contribution in [-0.4, -0.2) is 18.1 Å². The quantitative estimate of drug-likeness (QED) is 0.781. The molecular weight excluding hydrogens is 252 g/mol. The Labute approximate surface area is 121 Å². The molecule has 2 heterocycles. The lowest BCUT2D eigenvalue weighted by molar-refractivity contribution is 0.347. The van der Waals surface area contributed by atoms with Crippen molar-refractivity contribution in [1.82, 2.24) is 4.98 Å². The monoisotopic (exact) mass is 278 g/mol. The molecule has 0 unspecified atom stereocenters. The number of hydrogen-bond acceptors (Lipinski definition) is 3. The van der Waals surface area contributed by atoms with Gasteiger partial charge in [-0.05, 0) is 37.5 Å². The second-order valence-electron chi connectivity index (χ2n) is 6.66. The van der Waals surface area contributed by atoms with Crippen molar-refractivity contribution in [3.8, 4) is 0 Å². The second kappa shape index (κ2) is 5.82. The number of hydrogen-bond donors (Lipinski definition) is 0. The van der Waals surface area contributed by atoms with E-state index in [9.17, 15) is 0 Å². The predicted molar refractivity (Wildman–Crippen MR) is 83.1 cm³/mol. The van der Waals surface area contributed by atoms with E-state index in [0.717, 1.165) is 17.8 Å². The fraction of sp³-hybridized carbons (Fsp3) is 0.812. The van der Waals surface area contributed by atoms with Crippen molar-refractivity contribution in [1.29, 1.82) is 0 Å². The van der Waals surface area contributed by atoms with Crippen molar-refractivity contribution in [3.05, 3.63) is 11.2 Å². The molecule has 2 nitrogen and oxygen atoms in total. The molecule has 0 N–H and O–H groups in total. The molecule has 0 atom stereocenters. The van der Waals surface area contributed by atoms with Crippen LogP contribution in [0, 0.1) is 11.8 Å². The van der Waals surface area contributed by atoms with Gasteiger partial charge in [0.2, 0.25) is 0 Å². The van der Waals surface area contributed by atoms with Gasteiger partial charge in [0.15, 0.2) is 0 Å². The third-order valence-corrected chi connectivity index (χ3v) is 6.19. The van der Waals surface area contributed by atoms with Crippen LogP contribution in [0.5, 0.6) is 0 Å². The molecule has 1 aromatic heterocycles. The number of thiazole rings is 1. The van der Waals surface area contributed by atoms with Crippen LogP contribution in [0.3, 0.4) is 0 Å². The van der Waals surface area contributed by atoms with E-state index in [1.165, 1.54) is 61.6 Å². The lowest BCUT2D eigenvalue weighted by Gasteiger charge is -2.30. The summed E-state index contributed by atoms with van der Waals surface area (Å²) in [7, 11) is 0. The summed E-state index contributed by atoms with van der Waals surface area (Å²) in [5, 5.41) is 2.82. The van der Waals surface area contributed by atoms with E-state index in [2.05, 4.69) is 24.9 Å². The molecule has 2 aliphatic rings. The summed E-state index contributed by atoms with van der Waals surface area (Å²) >= 11 is 1.96. The molecule has 1 saturated heterocycles. The number of anilines is 1. The first kappa shape index (κ1) is 13.4. The van der Waals surface area contributed by atoms with Crippen LogP contribution in [0.25, 0.3) is 0 Å². The fourth-order valence-electron chi connectivity index (χ4n) is 3.35. The van der Waals surface area contributed by atoms with E-state index < -0.39 is 0 Å². The summed E-state index contributed by atoms with van der Waals surface area (Å²) in [4.78, 5) is 7.28. The summed E-state index contributed by atoms with van der Waals surface area (Å²) in [6.07, 6.45) is 10.3. The highest BCUT2D eigenvalue weighted by molar-refractivity contribution is 7.15. The van der Waals surface area contributed by atoms with Gasteiger partial charge in [-0.3, -0.25) is 0 Å². The Balaban J connectivity index is 1.63. The fourth-order valence-corrected chi connectivity index (χ4v) is 4.49. The van der Waals surface area contributed by atoms with Crippen LogP contribution in [0.15, 0.2) is 6.20 Å². The van der Waals surface area contributed by atoms with Crippen LogP contribution >= 0.6 is 11.3 Å². The molecule has 19 heavy (non-hydrogen) atoms. The molecule has 0 aromatic carbocycles. The van der Waals surface area contributed by atoms with Crippen molar-refractivity contribution < 1.29 is 0 Å². The van der Waals surface area contributed by atoms with Gasteiger partial charge in [-0.1, -0.05) is 26.7 Å². The van der Waals surface area contributed by atoms with E-state index >= 15 is 0 Å². The lowest BCUT2D eigenvalue weighted by Crippen LogP contribution is -2.32. The standard InChI is InChI=1S/C16H26N2S/c1-12-3-5-14(6-4-12)16-17-11-15(19-16)18-9-7-13(2)8-10-18/h11-14H,3-10H2,1-2H3. The lowest BCUT2D eigenvalue weighted by atomic mass is 9.83. The first-order valence-electron chi connectivity index (χ1n) is 7.93. The van der Waals surface area contributed by atoms with Gasteiger partial charge in [0.05, 0.1) is 11.2 Å². The number of nitrogens with zero attached hydrogens (tertiary/aromatic N) is 2. The van der Waals surface area contributed by atoms with Gasteiger partial charge in [-0.15, -0.1) is 11.3 Å². The van der Waals surface area contributed by atoms with E-state index in [0.29, 0.717) is 0 Å². The van der Waals surface area contributed by atoms with Gasteiger partial charge >= 0.3 is 0 Å². The minimum absolute atomic E-state index is 0.749. The van der Waals surface area contributed by atoms with Crippen molar-refractivity contribution >= 4 is 16.3 Å². The summed E-state index contributed by atoms with van der Waals surface area (Å²) in [5.74, 6) is 2.58. The summed E-state index contributed by atoms with van der Waals surface area (Å²) in [5.41, 5.74) is 0. The van der Waals surface area contributed by atoms with E-state index in [4.69, 9.17) is 4.98 Å². The highest BCUT2D eigenvalue weighted by Gasteiger charge is 2.24. The smallest absolute Gasteiger partial charge is 0.111 e. The first-order valence-corrected chi connectivity index (χ1v) is 8.74. The van der Waals surface area contributed by atoms with Crippen molar-refractivity contribution in [2.45, 2.75) is 58.3 Å². The summed E-state index contributed by atoms with van der Waals surface area (Å²) in [6.45, 7) is 7.21. The molecular formula is C16H26N2S. The van der Waals surface area contributed by atoms with E-state index in [1.54, 1.807) is 0 Å². The average Bonchev–Trinajstić information content (AvgIpc) is 2.90. The Morgan fingerprint density at radius 2 is 1.63 bits per heavy atom. The molecule has 0 radical (unpaired) electrons. The number of aromatic nitrogens is 1. The highest BCUT2D eigenvalue weighted by atomic mass is 32.1. The zero-order valence-electron chi connectivity index (χ0n) is 12.3. The molecule has 3 rings (SSSR count). The van der Waals surface area contributed by atoms with Crippen LogP contribution in [0.2, 0.25) is 0 Å². The third kappa shape index (κ3) is 3.13. The Kier molecular flexibility index (Phi) is 4.11. The highest BCUT2D eigenvalue weighted by Crippen LogP contribution is 2.39. The van der Waals surface area contributed by atoms with Gasteiger partial charge in [-0.25, -0.2) is 4.98 Å². The predicted octanol–water partition coefficient (Wildman–Crippen LogP) is 4.67. The van der Waals surface area contributed by atoms with Crippen LogP contribution < -0.4 is 4.90 Å². The minimum Gasteiger partial charge on any atom is -0.362 e.